The minimum atomic E-state index is -5.45. The van der Waals surface area contributed by atoms with E-state index in [-0.39, 0.29) is 5.82 Å². The number of carbonyl (C=O) groups is 1. The lowest BCUT2D eigenvalue weighted by Gasteiger charge is -2.11. The van der Waals surface area contributed by atoms with Gasteiger partial charge in [-0.25, -0.2) is 22.2 Å². The molecule has 0 fully saturated rings. The number of anilines is 1. The topological polar surface area (TPSA) is 91.9 Å². The molecule has 1 aromatic rings. The number of aromatic nitrogens is 2. The van der Waals surface area contributed by atoms with Gasteiger partial charge in [0.05, 0.1) is 34.4 Å². The van der Waals surface area contributed by atoms with Gasteiger partial charge in [0.1, 0.15) is 11.6 Å². The maximum Gasteiger partial charge on any atom is 0.232 e. The molecule has 10 heteroatoms. The molecule has 0 saturated heterocycles. The second kappa shape index (κ2) is 7.24. The van der Waals surface area contributed by atoms with E-state index >= 15 is 4.39 Å². The van der Waals surface area contributed by atoms with Crippen molar-refractivity contribution in [3.05, 3.63) is 58.3 Å². The number of ketones is 1. The third kappa shape index (κ3) is 3.79. The van der Waals surface area contributed by atoms with Crippen molar-refractivity contribution in [3.63, 3.8) is 0 Å². The summed E-state index contributed by atoms with van der Waals surface area (Å²) >= 11 is 5.82. The standard InChI is InChI=1S/C17H14ClF2N3O3S/c1-2-5-27(25,26)23-13-4-3-12(19)14(15(13)20)16(24)11-8-22-17-10(11)6-9(18)7-21-17/h3-4,6-8,23H,2,5H2,1H3,(H,21,22)/i1D3,3D,4D,5D2,6D,7D,8D. The number of carbonyl (C=O) groups excluding carboxylic acids is 1. The predicted octanol–water partition coefficient (Wildman–Crippen LogP) is 3.83. The fourth-order valence-electron chi connectivity index (χ4n) is 2.09. The van der Waals surface area contributed by atoms with Crippen LogP contribution in [0.2, 0.25) is 5.02 Å². The van der Waals surface area contributed by atoms with Crippen molar-refractivity contribution in [1.82, 2.24) is 9.97 Å². The van der Waals surface area contributed by atoms with Crippen molar-refractivity contribution >= 4 is 33.1 Å². The number of aromatic amines is 1. The number of sulfonamides is 1. The molecule has 0 radical (unpaired) electrons. The number of nitrogens with zero attached hydrogens (tertiary/aromatic N) is 1. The Hall–Kier alpha value is -2.52. The van der Waals surface area contributed by atoms with E-state index in [4.69, 9.17) is 25.3 Å². The minimum absolute atomic E-state index is 0.379. The van der Waals surface area contributed by atoms with Crippen LogP contribution in [0, 0.1) is 11.6 Å². The molecule has 2 aliphatic rings. The molecule has 0 aliphatic carbocycles. The number of nitrogens with one attached hydrogen (secondary N) is 2. The smallest absolute Gasteiger partial charge is 0.232 e. The maximum absolute atomic E-state index is 15.4. The van der Waals surface area contributed by atoms with Gasteiger partial charge in [0.25, 0.3) is 0 Å². The average molecular weight is 424 g/mol. The lowest BCUT2D eigenvalue weighted by Crippen LogP contribution is -2.18. The SMILES string of the molecule is [2H]c1nc2[nH]c([2H])c(Cl)c([2H])c-2c1C(=O)c1c(F)c([2H])c([2H])c(NS(=O)(=O)C([2H])([2H])CC([2H])([2H])[2H])c1F. The van der Waals surface area contributed by atoms with Crippen molar-refractivity contribution in [1.29, 1.82) is 0 Å². The molecular weight excluding hydrogens is 400 g/mol. The fourth-order valence-corrected chi connectivity index (χ4v) is 2.90. The average Bonchev–Trinajstić information content (AvgIpc) is 3.07. The molecule has 1 aromatic carbocycles. The monoisotopic (exact) mass is 423 g/mol. The van der Waals surface area contributed by atoms with E-state index in [0.29, 0.717) is 0 Å². The highest BCUT2D eigenvalue weighted by Gasteiger charge is 2.27. The first-order valence-corrected chi connectivity index (χ1v) is 8.78. The lowest BCUT2D eigenvalue weighted by molar-refractivity contribution is 0.103. The molecular formula is C17H14ClF2N3O3S. The van der Waals surface area contributed by atoms with Crippen molar-refractivity contribution in [2.75, 3.05) is 10.4 Å². The largest absolute Gasteiger partial charge is 0.345 e. The summed E-state index contributed by atoms with van der Waals surface area (Å²) in [4.78, 5) is 19.1. The van der Waals surface area contributed by atoms with Gasteiger partial charge in [-0.05, 0) is 24.5 Å². The van der Waals surface area contributed by atoms with Crippen LogP contribution in [0.4, 0.5) is 14.5 Å². The van der Waals surface area contributed by atoms with Gasteiger partial charge in [0.2, 0.25) is 15.8 Å². The lowest BCUT2D eigenvalue weighted by atomic mass is 10.00. The molecule has 3 rings (SSSR count). The zero-order valence-electron chi connectivity index (χ0n) is 22.9. The Morgan fingerprint density at radius 3 is 3.00 bits per heavy atom. The molecule has 6 nitrogen and oxygen atoms in total. The zero-order chi connectivity index (χ0) is 28.4. The number of pyridine rings is 1. The van der Waals surface area contributed by atoms with E-state index in [9.17, 15) is 17.6 Å². The van der Waals surface area contributed by atoms with Crippen LogP contribution in [0.1, 0.15) is 42.9 Å². The van der Waals surface area contributed by atoms with Crippen molar-refractivity contribution in [3.8, 4) is 11.4 Å². The van der Waals surface area contributed by atoms with Crippen molar-refractivity contribution < 1.29 is 35.7 Å². The summed E-state index contributed by atoms with van der Waals surface area (Å²) in [7, 11) is -5.45. The van der Waals surface area contributed by atoms with Crippen LogP contribution in [0.5, 0.6) is 0 Å². The number of rotatable bonds is 6. The Labute approximate surface area is 173 Å². The van der Waals surface area contributed by atoms with Crippen LogP contribution in [0.15, 0.2) is 30.5 Å². The van der Waals surface area contributed by atoms with Gasteiger partial charge in [0.15, 0.2) is 5.82 Å². The Morgan fingerprint density at radius 2 is 2.26 bits per heavy atom. The van der Waals surface area contributed by atoms with E-state index in [2.05, 4.69) is 9.97 Å². The molecule has 0 spiro atoms. The van der Waals surface area contributed by atoms with E-state index in [1.54, 1.807) is 0 Å². The van der Waals surface area contributed by atoms with Gasteiger partial charge in [-0.15, -0.1) is 0 Å². The Balaban J connectivity index is 2.24. The van der Waals surface area contributed by atoms with E-state index < -0.39 is 104 Å². The van der Waals surface area contributed by atoms with Gasteiger partial charge in [0, 0.05) is 24.8 Å². The summed E-state index contributed by atoms with van der Waals surface area (Å²) in [6.07, 6.45) is -2.98. The molecule has 0 atom stereocenters. The van der Waals surface area contributed by atoms with Gasteiger partial charge in [-0.2, -0.15) is 0 Å². The molecule has 0 bridgehead atoms. The molecule has 0 aromatic heterocycles. The van der Waals surface area contributed by atoms with Gasteiger partial charge in [-0.1, -0.05) is 18.5 Å². The van der Waals surface area contributed by atoms with Crippen LogP contribution in [-0.4, -0.2) is 29.9 Å². The summed E-state index contributed by atoms with van der Waals surface area (Å²) in [6.45, 7) is -3.09. The number of benzene rings is 1. The van der Waals surface area contributed by atoms with E-state index in [1.807, 2.05) is 0 Å². The molecule has 142 valence electrons. The molecule has 2 N–H and O–H groups in total. The number of H-pyrrole nitrogens is 1. The highest BCUT2D eigenvalue weighted by Crippen LogP contribution is 2.31. The molecule has 0 amide bonds. The normalized spacial score (nSPS) is 18.0. The quantitative estimate of drug-likeness (QED) is 0.589. The highest BCUT2D eigenvalue weighted by molar-refractivity contribution is 7.92. The van der Waals surface area contributed by atoms with Crippen molar-refractivity contribution in [2.24, 2.45) is 0 Å². The van der Waals surface area contributed by atoms with Crippen LogP contribution in [0.25, 0.3) is 11.4 Å². The van der Waals surface area contributed by atoms with Crippen molar-refractivity contribution in [2.45, 2.75) is 13.3 Å². The third-order valence-electron chi connectivity index (χ3n) is 3.20. The highest BCUT2D eigenvalue weighted by atomic mass is 35.5. The van der Waals surface area contributed by atoms with E-state index in [0.717, 1.165) is 0 Å². The number of hydrogen-bond donors (Lipinski definition) is 2. The summed E-state index contributed by atoms with van der Waals surface area (Å²) in [5, 5.41) is -0.525. The summed E-state index contributed by atoms with van der Waals surface area (Å²) in [6, 6.07) is -3.62. The molecule has 0 unspecified atom stereocenters. The minimum Gasteiger partial charge on any atom is -0.345 e. The molecule has 2 heterocycles. The molecule has 0 saturated carbocycles. The first-order chi connectivity index (χ1) is 16.7. The summed E-state index contributed by atoms with van der Waals surface area (Å²) in [5.74, 6) is -6.08. The summed E-state index contributed by atoms with van der Waals surface area (Å²) < 4.78 is 132. The number of hydrogen-bond acceptors (Lipinski definition) is 4. The van der Waals surface area contributed by atoms with Gasteiger partial charge in [-0.3, -0.25) is 9.52 Å². The first kappa shape index (κ1) is 10.1. The molecule has 27 heavy (non-hydrogen) atoms. The maximum atomic E-state index is 15.4. The van der Waals surface area contributed by atoms with Crippen LogP contribution in [0.3, 0.4) is 0 Å². The summed E-state index contributed by atoms with van der Waals surface area (Å²) in [5.41, 5.74) is -8.11. The second-order valence-corrected chi connectivity index (χ2v) is 6.77. The van der Waals surface area contributed by atoms with Crippen LogP contribution < -0.4 is 4.72 Å². The Kier molecular flexibility index (Phi) is 2.72. The van der Waals surface area contributed by atoms with E-state index in [1.165, 1.54) is 4.72 Å². The third-order valence-corrected chi connectivity index (χ3v) is 4.39. The van der Waals surface area contributed by atoms with Crippen LogP contribution in [-0.2, 0) is 10.0 Å². The predicted molar refractivity (Wildman–Crippen MR) is 97.7 cm³/mol. The first-order valence-electron chi connectivity index (χ1n) is 11.9. The number of fused-ring (bicyclic) bond motifs is 1. The Morgan fingerprint density at radius 1 is 1.48 bits per heavy atom. The second-order valence-electron chi connectivity index (χ2n) is 4.89. The zero-order valence-corrected chi connectivity index (χ0v) is 14.5. The fraction of sp³-hybridized carbons (Fsp3) is 0.176. The Bertz CT molecular complexity index is 1530. The van der Waals surface area contributed by atoms with Gasteiger partial charge >= 0.3 is 0 Å². The number of halogens is 3. The van der Waals surface area contributed by atoms with Gasteiger partial charge < -0.3 is 4.98 Å². The van der Waals surface area contributed by atoms with Crippen LogP contribution >= 0.6 is 11.6 Å². The molecule has 2 aliphatic heterocycles.